The van der Waals surface area contributed by atoms with Gasteiger partial charge in [0.15, 0.2) is 0 Å². The number of aryl methyl sites for hydroxylation is 1. The minimum Gasteiger partial charge on any atom is -0.478 e. The molecule has 1 amide bonds. The van der Waals surface area contributed by atoms with Crippen LogP contribution in [0.4, 0.5) is 0 Å². The summed E-state index contributed by atoms with van der Waals surface area (Å²) < 4.78 is 1.73. The van der Waals surface area contributed by atoms with Gasteiger partial charge in [0.05, 0.1) is 16.6 Å². The normalized spacial score (nSPS) is 12.5. The average molecular weight is 275 g/mol. The quantitative estimate of drug-likeness (QED) is 0.868. The molecular formula is C14H17N3O3. The number of rotatable bonds is 5. The van der Waals surface area contributed by atoms with Crippen LogP contribution in [-0.2, 0) is 11.2 Å². The number of nitrogens with zero attached hydrogens (tertiary/aromatic N) is 2. The Morgan fingerprint density at radius 2 is 2.15 bits per heavy atom. The molecule has 6 nitrogen and oxygen atoms in total. The first kappa shape index (κ1) is 14.0. The number of amides is 1. The monoisotopic (exact) mass is 275 g/mol. The van der Waals surface area contributed by atoms with Crippen molar-refractivity contribution in [3.8, 4) is 0 Å². The Kier molecular flexibility index (Phi) is 3.74. The van der Waals surface area contributed by atoms with E-state index in [4.69, 9.17) is 10.8 Å². The zero-order valence-corrected chi connectivity index (χ0v) is 11.5. The van der Waals surface area contributed by atoms with Crippen LogP contribution in [0.5, 0.6) is 0 Å². The third-order valence-corrected chi connectivity index (χ3v) is 3.28. The molecule has 0 aliphatic rings. The van der Waals surface area contributed by atoms with Crippen molar-refractivity contribution in [3.63, 3.8) is 0 Å². The molecule has 0 aliphatic heterocycles. The van der Waals surface area contributed by atoms with Crippen molar-refractivity contribution in [2.45, 2.75) is 32.7 Å². The molecule has 6 heteroatoms. The van der Waals surface area contributed by atoms with Gasteiger partial charge in [0.2, 0.25) is 5.91 Å². The number of carbonyl (C=O) groups excluding carboxylic acids is 1. The van der Waals surface area contributed by atoms with Crippen molar-refractivity contribution in [3.05, 3.63) is 29.6 Å². The van der Waals surface area contributed by atoms with E-state index in [0.717, 1.165) is 12.2 Å². The maximum absolute atomic E-state index is 11.5. The molecule has 1 atom stereocenters. The summed E-state index contributed by atoms with van der Waals surface area (Å²) >= 11 is 0. The largest absolute Gasteiger partial charge is 0.478 e. The number of primary amides is 1. The molecule has 0 aliphatic carbocycles. The van der Waals surface area contributed by atoms with E-state index in [9.17, 15) is 9.59 Å². The summed E-state index contributed by atoms with van der Waals surface area (Å²) in [6, 6.07) is 4.13. The van der Waals surface area contributed by atoms with Gasteiger partial charge in [0, 0.05) is 6.42 Å². The number of carboxylic acids is 1. The number of aromatic nitrogens is 2. The minimum atomic E-state index is -1.01. The molecule has 2 aromatic rings. The molecular weight excluding hydrogens is 258 g/mol. The summed E-state index contributed by atoms with van der Waals surface area (Å²) in [5.74, 6) is -0.734. The van der Waals surface area contributed by atoms with Gasteiger partial charge in [0.25, 0.3) is 0 Å². The SMILES string of the molecule is CCCc1nc2ccc(C(=O)O)cc2n1C(C)C(N)=O. The van der Waals surface area contributed by atoms with Crippen molar-refractivity contribution in [1.29, 1.82) is 0 Å². The number of carboxylic acid groups (broad SMARTS) is 1. The predicted molar refractivity (Wildman–Crippen MR) is 74.6 cm³/mol. The third kappa shape index (κ3) is 2.36. The Hall–Kier alpha value is -2.37. The molecule has 1 aromatic carbocycles. The van der Waals surface area contributed by atoms with Crippen LogP contribution in [0.3, 0.4) is 0 Å². The van der Waals surface area contributed by atoms with Gasteiger partial charge in [-0.15, -0.1) is 0 Å². The van der Waals surface area contributed by atoms with Gasteiger partial charge in [-0.1, -0.05) is 6.92 Å². The van der Waals surface area contributed by atoms with Gasteiger partial charge < -0.3 is 15.4 Å². The fourth-order valence-electron chi connectivity index (χ4n) is 2.24. The molecule has 3 N–H and O–H groups in total. The van der Waals surface area contributed by atoms with E-state index in [1.807, 2.05) is 6.92 Å². The Labute approximate surface area is 116 Å². The van der Waals surface area contributed by atoms with Crippen LogP contribution in [0.25, 0.3) is 11.0 Å². The molecule has 0 spiro atoms. The summed E-state index contributed by atoms with van der Waals surface area (Å²) in [5.41, 5.74) is 6.84. The first-order valence-electron chi connectivity index (χ1n) is 6.49. The van der Waals surface area contributed by atoms with Gasteiger partial charge in [0.1, 0.15) is 11.9 Å². The van der Waals surface area contributed by atoms with Crippen molar-refractivity contribution in [2.24, 2.45) is 5.73 Å². The van der Waals surface area contributed by atoms with E-state index in [1.165, 1.54) is 12.1 Å². The molecule has 106 valence electrons. The lowest BCUT2D eigenvalue weighted by Gasteiger charge is -2.14. The molecule has 0 radical (unpaired) electrons. The van der Waals surface area contributed by atoms with Gasteiger partial charge in [-0.05, 0) is 31.5 Å². The Morgan fingerprint density at radius 1 is 1.45 bits per heavy atom. The van der Waals surface area contributed by atoms with Gasteiger partial charge in [-0.25, -0.2) is 9.78 Å². The lowest BCUT2D eigenvalue weighted by molar-refractivity contribution is -0.120. The molecule has 1 heterocycles. The maximum atomic E-state index is 11.5. The number of fused-ring (bicyclic) bond motifs is 1. The van der Waals surface area contributed by atoms with E-state index in [1.54, 1.807) is 17.6 Å². The molecule has 1 aromatic heterocycles. The van der Waals surface area contributed by atoms with Crippen LogP contribution in [0.15, 0.2) is 18.2 Å². The van der Waals surface area contributed by atoms with Crippen LogP contribution in [-0.4, -0.2) is 26.5 Å². The number of hydrogen-bond donors (Lipinski definition) is 2. The zero-order valence-electron chi connectivity index (χ0n) is 11.5. The second-order valence-electron chi connectivity index (χ2n) is 4.74. The van der Waals surface area contributed by atoms with Crippen LogP contribution < -0.4 is 5.73 Å². The number of nitrogens with two attached hydrogens (primary N) is 1. The summed E-state index contributed by atoms with van der Waals surface area (Å²) in [7, 11) is 0. The summed E-state index contributed by atoms with van der Waals surface area (Å²) in [5, 5.41) is 9.07. The lowest BCUT2D eigenvalue weighted by atomic mass is 10.2. The topological polar surface area (TPSA) is 98.2 Å². The highest BCUT2D eigenvalue weighted by molar-refractivity contribution is 5.93. The second kappa shape index (κ2) is 5.32. The highest BCUT2D eigenvalue weighted by Gasteiger charge is 2.20. The van der Waals surface area contributed by atoms with Crippen molar-refractivity contribution in [1.82, 2.24) is 9.55 Å². The molecule has 0 saturated heterocycles. The van der Waals surface area contributed by atoms with E-state index in [0.29, 0.717) is 17.5 Å². The summed E-state index contributed by atoms with van der Waals surface area (Å²) in [6.07, 6.45) is 1.58. The molecule has 1 unspecified atom stereocenters. The minimum absolute atomic E-state index is 0.165. The number of hydrogen-bond acceptors (Lipinski definition) is 3. The van der Waals surface area contributed by atoms with Crippen molar-refractivity contribution >= 4 is 22.9 Å². The highest BCUT2D eigenvalue weighted by atomic mass is 16.4. The average Bonchev–Trinajstić information content (AvgIpc) is 2.74. The Balaban J connectivity index is 2.70. The first-order chi connectivity index (χ1) is 9.45. The predicted octanol–water partition coefficient (Wildman–Crippen LogP) is 1.73. The second-order valence-corrected chi connectivity index (χ2v) is 4.74. The first-order valence-corrected chi connectivity index (χ1v) is 6.49. The van der Waals surface area contributed by atoms with E-state index in [2.05, 4.69) is 4.98 Å². The number of carbonyl (C=O) groups is 2. The summed E-state index contributed by atoms with van der Waals surface area (Å²) in [6.45, 7) is 3.71. The Bertz CT molecular complexity index is 676. The van der Waals surface area contributed by atoms with Crippen LogP contribution in [0.2, 0.25) is 0 Å². The molecule has 0 fully saturated rings. The highest BCUT2D eigenvalue weighted by Crippen LogP contribution is 2.23. The fourth-order valence-corrected chi connectivity index (χ4v) is 2.24. The van der Waals surface area contributed by atoms with Crippen LogP contribution >= 0.6 is 0 Å². The molecule has 2 rings (SSSR count). The van der Waals surface area contributed by atoms with Crippen LogP contribution in [0, 0.1) is 0 Å². The van der Waals surface area contributed by atoms with E-state index in [-0.39, 0.29) is 5.56 Å². The van der Waals surface area contributed by atoms with E-state index >= 15 is 0 Å². The van der Waals surface area contributed by atoms with Gasteiger partial charge in [-0.3, -0.25) is 4.79 Å². The Morgan fingerprint density at radius 3 is 2.70 bits per heavy atom. The van der Waals surface area contributed by atoms with Crippen LogP contribution in [0.1, 0.15) is 42.5 Å². The van der Waals surface area contributed by atoms with E-state index < -0.39 is 17.9 Å². The summed E-state index contributed by atoms with van der Waals surface area (Å²) in [4.78, 5) is 27.0. The fraction of sp³-hybridized carbons (Fsp3) is 0.357. The maximum Gasteiger partial charge on any atom is 0.335 e. The molecule has 0 saturated carbocycles. The third-order valence-electron chi connectivity index (χ3n) is 3.28. The number of imidazole rings is 1. The number of benzene rings is 1. The smallest absolute Gasteiger partial charge is 0.335 e. The number of aromatic carboxylic acids is 1. The van der Waals surface area contributed by atoms with Gasteiger partial charge >= 0.3 is 5.97 Å². The lowest BCUT2D eigenvalue weighted by Crippen LogP contribution is -2.25. The molecule has 20 heavy (non-hydrogen) atoms. The molecule has 0 bridgehead atoms. The van der Waals surface area contributed by atoms with Gasteiger partial charge in [-0.2, -0.15) is 0 Å². The standard InChI is InChI=1S/C14H17N3O3/c1-3-4-12-16-10-6-5-9(14(19)20)7-11(10)17(12)8(2)13(15)18/h5-8H,3-4H2,1-2H3,(H2,15,18)(H,19,20). The van der Waals surface area contributed by atoms with Crippen molar-refractivity contribution in [2.75, 3.05) is 0 Å². The zero-order chi connectivity index (χ0) is 14.9. The van der Waals surface area contributed by atoms with Crippen molar-refractivity contribution < 1.29 is 14.7 Å².